The lowest BCUT2D eigenvalue weighted by Gasteiger charge is -2.27. The molecule has 1 atom stereocenters. The average molecular weight is 357 g/mol. The van der Waals surface area contributed by atoms with E-state index in [0.717, 1.165) is 63.1 Å². The lowest BCUT2D eigenvalue weighted by molar-refractivity contribution is 0.122. The van der Waals surface area contributed by atoms with Crippen molar-refractivity contribution in [1.82, 2.24) is 20.0 Å². The van der Waals surface area contributed by atoms with E-state index in [4.69, 9.17) is 9.26 Å². The van der Waals surface area contributed by atoms with Crippen LogP contribution in [0, 0.1) is 5.92 Å². The third kappa shape index (κ3) is 3.73. The minimum absolute atomic E-state index is 0.249. The highest BCUT2D eigenvalue weighted by atomic mass is 16.5. The van der Waals surface area contributed by atoms with Crippen LogP contribution in [0.4, 0.5) is 5.82 Å². The second-order valence-electron chi connectivity index (χ2n) is 7.51. The zero-order chi connectivity index (χ0) is 17.9. The molecule has 0 bridgehead atoms. The summed E-state index contributed by atoms with van der Waals surface area (Å²) in [5, 5.41) is 4.20. The zero-order valence-electron chi connectivity index (χ0n) is 15.6. The Morgan fingerprint density at radius 1 is 1.19 bits per heavy atom. The molecule has 26 heavy (non-hydrogen) atoms. The largest absolute Gasteiger partial charge is 0.378 e. The zero-order valence-corrected chi connectivity index (χ0v) is 15.6. The van der Waals surface area contributed by atoms with E-state index in [0.29, 0.717) is 11.7 Å². The average Bonchev–Trinajstić information content (AvgIpc) is 3.31. The Kier molecular flexibility index (Phi) is 5.17. The summed E-state index contributed by atoms with van der Waals surface area (Å²) in [5.74, 6) is 2.96. The van der Waals surface area contributed by atoms with E-state index in [-0.39, 0.29) is 6.04 Å². The molecule has 0 amide bonds. The topological polar surface area (TPSA) is 67.5 Å². The van der Waals surface area contributed by atoms with Gasteiger partial charge < -0.3 is 14.2 Å². The number of ether oxygens (including phenoxy) is 1. The van der Waals surface area contributed by atoms with Crippen molar-refractivity contribution in [3.63, 3.8) is 0 Å². The fourth-order valence-electron chi connectivity index (χ4n) is 3.78. The molecule has 7 nitrogen and oxygen atoms in total. The maximum absolute atomic E-state index is 5.60. The molecule has 0 aromatic carbocycles. The van der Waals surface area contributed by atoms with E-state index in [1.807, 2.05) is 18.3 Å². The first-order chi connectivity index (χ1) is 12.7. The van der Waals surface area contributed by atoms with Crippen LogP contribution in [-0.4, -0.2) is 59.4 Å². The van der Waals surface area contributed by atoms with Crippen LogP contribution in [0.25, 0.3) is 11.4 Å². The highest BCUT2D eigenvalue weighted by Crippen LogP contribution is 2.32. The van der Waals surface area contributed by atoms with Gasteiger partial charge in [-0.15, -0.1) is 0 Å². The Balaban J connectivity index is 1.47. The SMILES string of the molecule is CC(C)CN1CCC[C@H]1c1nc(-c2ccc(N3CCOCC3)nc2)no1. The molecular formula is C19H27N5O2. The number of hydrogen-bond acceptors (Lipinski definition) is 7. The number of aromatic nitrogens is 3. The number of nitrogens with zero attached hydrogens (tertiary/aromatic N) is 5. The molecule has 4 heterocycles. The molecular weight excluding hydrogens is 330 g/mol. The van der Waals surface area contributed by atoms with Crippen molar-refractivity contribution in [3.05, 3.63) is 24.2 Å². The standard InChI is InChI=1S/C19H27N5O2/c1-14(2)13-24-7-3-4-16(24)19-21-18(22-26-19)15-5-6-17(20-12-15)23-8-10-25-11-9-23/h5-6,12,14,16H,3-4,7-11,13H2,1-2H3/t16-/m0/s1. The third-order valence-corrected chi connectivity index (χ3v) is 5.03. The van der Waals surface area contributed by atoms with Crippen molar-refractivity contribution in [3.8, 4) is 11.4 Å². The quantitative estimate of drug-likeness (QED) is 0.815. The van der Waals surface area contributed by atoms with Crippen LogP contribution in [0.1, 0.15) is 38.6 Å². The Morgan fingerprint density at radius 2 is 2.04 bits per heavy atom. The molecule has 2 aliphatic heterocycles. The highest BCUT2D eigenvalue weighted by molar-refractivity contribution is 5.56. The molecule has 2 aliphatic rings. The second-order valence-corrected chi connectivity index (χ2v) is 7.51. The monoisotopic (exact) mass is 357 g/mol. The Hall–Kier alpha value is -1.99. The predicted octanol–water partition coefficient (Wildman–Crippen LogP) is 2.76. The molecule has 2 aromatic heterocycles. The Bertz CT molecular complexity index is 709. The molecule has 2 saturated heterocycles. The predicted molar refractivity (Wildman–Crippen MR) is 98.9 cm³/mol. The van der Waals surface area contributed by atoms with Gasteiger partial charge in [0.05, 0.1) is 19.3 Å². The summed E-state index contributed by atoms with van der Waals surface area (Å²) < 4.78 is 11.0. The summed E-state index contributed by atoms with van der Waals surface area (Å²) in [5.41, 5.74) is 0.894. The van der Waals surface area contributed by atoms with E-state index < -0.39 is 0 Å². The molecule has 2 fully saturated rings. The Labute approximate surface area is 154 Å². The molecule has 7 heteroatoms. The second kappa shape index (κ2) is 7.72. The summed E-state index contributed by atoms with van der Waals surface area (Å²) in [6.07, 6.45) is 4.10. The lowest BCUT2D eigenvalue weighted by Crippen LogP contribution is -2.36. The summed E-state index contributed by atoms with van der Waals surface area (Å²) in [6, 6.07) is 4.30. The highest BCUT2D eigenvalue weighted by Gasteiger charge is 2.31. The van der Waals surface area contributed by atoms with Gasteiger partial charge in [0.2, 0.25) is 11.7 Å². The van der Waals surface area contributed by atoms with Crippen LogP contribution in [0.3, 0.4) is 0 Å². The third-order valence-electron chi connectivity index (χ3n) is 5.03. The fraction of sp³-hybridized carbons (Fsp3) is 0.632. The summed E-state index contributed by atoms with van der Waals surface area (Å²) in [7, 11) is 0. The number of hydrogen-bond donors (Lipinski definition) is 0. The smallest absolute Gasteiger partial charge is 0.244 e. The van der Waals surface area contributed by atoms with Gasteiger partial charge in [0.25, 0.3) is 0 Å². The van der Waals surface area contributed by atoms with Crippen LogP contribution in [0.2, 0.25) is 0 Å². The maximum atomic E-state index is 5.60. The van der Waals surface area contributed by atoms with Crippen molar-refractivity contribution < 1.29 is 9.26 Å². The number of pyridine rings is 1. The molecule has 0 spiro atoms. The van der Waals surface area contributed by atoms with Crippen molar-refractivity contribution in [2.75, 3.05) is 44.3 Å². The van der Waals surface area contributed by atoms with Gasteiger partial charge in [0.1, 0.15) is 5.82 Å². The number of likely N-dealkylation sites (tertiary alicyclic amines) is 1. The molecule has 4 rings (SSSR count). The number of rotatable bonds is 5. The van der Waals surface area contributed by atoms with Gasteiger partial charge in [-0.3, -0.25) is 4.90 Å². The lowest BCUT2D eigenvalue weighted by atomic mass is 10.1. The molecule has 0 radical (unpaired) electrons. The van der Waals surface area contributed by atoms with Crippen LogP contribution >= 0.6 is 0 Å². The van der Waals surface area contributed by atoms with Crippen molar-refractivity contribution in [1.29, 1.82) is 0 Å². The minimum Gasteiger partial charge on any atom is -0.378 e. The van der Waals surface area contributed by atoms with Gasteiger partial charge in [-0.05, 0) is 37.4 Å². The van der Waals surface area contributed by atoms with Gasteiger partial charge in [0, 0.05) is 31.4 Å². The van der Waals surface area contributed by atoms with Gasteiger partial charge in [0.15, 0.2) is 0 Å². The maximum Gasteiger partial charge on any atom is 0.244 e. The van der Waals surface area contributed by atoms with Gasteiger partial charge in [-0.25, -0.2) is 4.98 Å². The van der Waals surface area contributed by atoms with Crippen molar-refractivity contribution in [2.24, 2.45) is 5.92 Å². The molecule has 0 unspecified atom stereocenters. The van der Waals surface area contributed by atoms with E-state index in [9.17, 15) is 0 Å². The first kappa shape index (κ1) is 17.4. The fourth-order valence-corrected chi connectivity index (χ4v) is 3.78. The normalized spacial score (nSPS) is 21.7. The molecule has 0 aliphatic carbocycles. The summed E-state index contributed by atoms with van der Waals surface area (Å²) >= 11 is 0. The van der Waals surface area contributed by atoms with E-state index in [1.165, 1.54) is 6.42 Å². The molecule has 0 saturated carbocycles. The van der Waals surface area contributed by atoms with Crippen LogP contribution < -0.4 is 4.90 Å². The van der Waals surface area contributed by atoms with Crippen LogP contribution in [0.15, 0.2) is 22.9 Å². The minimum atomic E-state index is 0.249. The number of anilines is 1. The number of morpholine rings is 1. The summed E-state index contributed by atoms with van der Waals surface area (Å²) in [4.78, 5) is 13.9. The van der Waals surface area contributed by atoms with Crippen LogP contribution in [0.5, 0.6) is 0 Å². The molecule has 2 aromatic rings. The van der Waals surface area contributed by atoms with Gasteiger partial charge >= 0.3 is 0 Å². The van der Waals surface area contributed by atoms with Crippen molar-refractivity contribution in [2.45, 2.75) is 32.7 Å². The van der Waals surface area contributed by atoms with E-state index >= 15 is 0 Å². The van der Waals surface area contributed by atoms with Gasteiger partial charge in [-0.1, -0.05) is 19.0 Å². The van der Waals surface area contributed by atoms with E-state index in [2.05, 4.69) is 38.8 Å². The van der Waals surface area contributed by atoms with E-state index in [1.54, 1.807) is 0 Å². The summed E-state index contributed by atoms with van der Waals surface area (Å²) in [6.45, 7) is 9.94. The molecule has 140 valence electrons. The van der Waals surface area contributed by atoms with Gasteiger partial charge in [-0.2, -0.15) is 4.98 Å². The Morgan fingerprint density at radius 3 is 2.77 bits per heavy atom. The first-order valence-corrected chi connectivity index (χ1v) is 9.57. The van der Waals surface area contributed by atoms with Crippen LogP contribution in [-0.2, 0) is 4.74 Å². The molecule has 0 N–H and O–H groups in total. The first-order valence-electron chi connectivity index (χ1n) is 9.57. The van der Waals surface area contributed by atoms with Crippen molar-refractivity contribution >= 4 is 5.82 Å².